The highest BCUT2D eigenvalue weighted by atomic mass is 35.5. The fraction of sp³-hybridized carbons (Fsp3) is 0.190. The van der Waals surface area contributed by atoms with E-state index in [0.717, 1.165) is 15.1 Å². The standard InChI is InChI=1S/C21H20ClNO4S/c1-15(2)27-21(24)14-23(28(25,26)18-12-10-17(22)11-13-18)20-9-5-7-16-6-3-4-8-19(16)20/h3-13,15H,14H2,1-2H3. The zero-order valence-electron chi connectivity index (χ0n) is 15.5. The first-order valence-corrected chi connectivity index (χ1v) is 10.6. The van der Waals surface area contributed by atoms with E-state index in [0.29, 0.717) is 10.7 Å². The van der Waals surface area contributed by atoms with Crippen LogP contribution in [0.4, 0.5) is 5.69 Å². The lowest BCUT2D eigenvalue weighted by Gasteiger charge is -2.25. The van der Waals surface area contributed by atoms with E-state index in [1.807, 2.05) is 30.3 Å². The molecule has 146 valence electrons. The number of esters is 1. The Morgan fingerprint density at radius 3 is 2.32 bits per heavy atom. The minimum absolute atomic E-state index is 0.0437. The molecule has 3 rings (SSSR count). The quantitative estimate of drug-likeness (QED) is 0.548. The Kier molecular flexibility index (Phi) is 5.91. The predicted octanol–water partition coefficient (Wildman–Crippen LogP) is 4.64. The number of sulfonamides is 1. The van der Waals surface area contributed by atoms with E-state index < -0.39 is 22.5 Å². The van der Waals surface area contributed by atoms with Crippen molar-refractivity contribution in [1.29, 1.82) is 0 Å². The average Bonchev–Trinajstić information content (AvgIpc) is 2.65. The van der Waals surface area contributed by atoms with Gasteiger partial charge in [0.05, 0.1) is 16.7 Å². The summed E-state index contributed by atoms with van der Waals surface area (Å²) in [7, 11) is -4.02. The van der Waals surface area contributed by atoms with Crippen molar-refractivity contribution in [2.75, 3.05) is 10.8 Å². The van der Waals surface area contributed by atoms with Crippen molar-refractivity contribution in [3.63, 3.8) is 0 Å². The van der Waals surface area contributed by atoms with Crippen molar-refractivity contribution in [1.82, 2.24) is 0 Å². The number of carbonyl (C=O) groups excluding carboxylic acids is 1. The lowest BCUT2D eigenvalue weighted by atomic mass is 10.1. The van der Waals surface area contributed by atoms with Crippen LogP contribution in [-0.4, -0.2) is 27.0 Å². The summed E-state index contributed by atoms with van der Waals surface area (Å²) >= 11 is 5.90. The number of halogens is 1. The predicted molar refractivity (Wildman–Crippen MR) is 111 cm³/mol. The summed E-state index contributed by atoms with van der Waals surface area (Å²) in [6.45, 7) is 3.00. The summed E-state index contributed by atoms with van der Waals surface area (Å²) < 4.78 is 33.1. The van der Waals surface area contributed by atoms with Crippen LogP contribution in [0.2, 0.25) is 5.02 Å². The first kappa shape index (κ1) is 20.2. The second-order valence-electron chi connectivity index (χ2n) is 6.50. The Balaban J connectivity index is 2.14. The van der Waals surface area contributed by atoms with Gasteiger partial charge < -0.3 is 4.74 Å². The monoisotopic (exact) mass is 417 g/mol. The van der Waals surface area contributed by atoms with Gasteiger partial charge in [0, 0.05) is 10.4 Å². The van der Waals surface area contributed by atoms with E-state index in [4.69, 9.17) is 16.3 Å². The number of fused-ring (bicyclic) bond motifs is 1. The molecule has 0 saturated heterocycles. The Bertz CT molecular complexity index is 1090. The lowest BCUT2D eigenvalue weighted by Crippen LogP contribution is -2.37. The van der Waals surface area contributed by atoms with Gasteiger partial charge in [-0.2, -0.15) is 0 Å². The molecular formula is C21H20ClNO4S. The van der Waals surface area contributed by atoms with Crippen molar-refractivity contribution in [2.24, 2.45) is 0 Å². The highest BCUT2D eigenvalue weighted by Gasteiger charge is 2.29. The molecule has 0 radical (unpaired) electrons. The minimum Gasteiger partial charge on any atom is -0.462 e. The zero-order chi connectivity index (χ0) is 20.3. The van der Waals surface area contributed by atoms with Crippen molar-refractivity contribution in [3.05, 3.63) is 71.8 Å². The average molecular weight is 418 g/mol. The molecule has 0 aliphatic heterocycles. The van der Waals surface area contributed by atoms with E-state index in [1.54, 1.807) is 26.0 Å². The Morgan fingerprint density at radius 1 is 1.00 bits per heavy atom. The van der Waals surface area contributed by atoms with Crippen molar-refractivity contribution in [2.45, 2.75) is 24.8 Å². The fourth-order valence-electron chi connectivity index (χ4n) is 2.88. The number of benzene rings is 3. The van der Waals surface area contributed by atoms with Crippen LogP contribution in [0.5, 0.6) is 0 Å². The van der Waals surface area contributed by atoms with Gasteiger partial charge in [-0.15, -0.1) is 0 Å². The first-order valence-electron chi connectivity index (χ1n) is 8.74. The van der Waals surface area contributed by atoms with Gasteiger partial charge in [0.2, 0.25) is 0 Å². The SMILES string of the molecule is CC(C)OC(=O)CN(c1cccc2ccccc12)S(=O)(=O)c1ccc(Cl)cc1. The number of hydrogen-bond donors (Lipinski definition) is 0. The Hall–Kier alpha value is -2.57. The summed E-state index contributed by atoms with van der Waals surface area (Å²) in [4.78, 5) is 12.4. The van der Waals surface area contributed by atoms with E-state index in [1.165, 1.54) is 24.3 Å². The van der Waals surface area contributed by atoms with Gasteiger partial charge >= 0.3 is 5.97 Å². The van der Waals surface area contributed by atoms with Crippen molar-refractivity contribution in [3.8, 4) is 0 Å². The van der Waals surface area contributed by atoms with Crippen LogP contribution >= 0.6 is 11.6 Å². The molecule has 0 atom stereocenters. The van der Waals surface area contributed by atoms with Gasteiger partial charge in [0.1, 0.15) is 6.54 Å². The summed E-state index contributed by atoms with van der Waals surface area (Å²) in [6.07, 6.45) is -0.347. The maximum Gasteiger partial charge on any atom is 0.327 e. The van der Waals surface area contributed by atoms with E-state index in [-0.39, 0.29) is 11.0 Å². The van der Waals surface area contributed by atoms with E-state index >= 15 is 0 Å². The number of anilines is 1. The molecule has 5 nitrogen and oxygen atoms in total. The Labute approximate surface area is 169 Å². The molecule has 3 aromatic carbocycles. The molecule has 0 spiro atoms. The molecule has 0 bridgehead atoms. The maximum absolute atomic E-state index is 13.4. The topological polar surface area (TPSA) is 63.7 Å². The molecule has 7 heteroatoms. The highest BCUT2D eigenvalue weighted by Crippen LogP contribution is 2.31. The van der Waals surface area contributed by atoms with Gasteiger partial charge in [0.25, 0.3) is 10.0 Å². The summed E-state index contributed by atoms with van der Waals surface area (Å²) in [5, 5.41) is 2.02. The van der Waals surface area contributed by atoms with Gasteiger partial charge in [-0.1, -0.05) is 48.0 Å². The molecule has 0 heterocycles. The van der Waals surface area contributed by atoms with Crippen LogP contribution in [0.3, 0.4) is 0 Å². The summed E-state index contributed by atoms with van der Waals surface area (Å²) in [6, 6.07) is 18.6. The van der Waals surface area contributed by atoms with Crippen LogP contribution in [0.15, 0.2) is 71.6 Å². The molecule has 0 unspecified atom stereocenters. The molecule has 0 fully saturated rings. The van der Waals surface area contributed by atoms with Gasteiger partial charge in [-0.3, -0.25) is 9.10 Å². The summed E-state index contributed by atoms with van der Waals surface area (Å²) in [5.74, 6) is -0.625. The third-order valence-electron chi connectivity index (χ3n) is 4.08. The second kappa shape index (κ2) is 8.20. The van der Waals surface area contributed by atoms with Crippen molar-refractivity contribution < 1.29 is 17.9 Å². The number of nitrogens with zero attached hydrogens (tertiary/aromatic N) is 1. The molecule has 0 aliphatic carbocycles. The highest BCUT2D eigenvalue weighted by molar-refractivity contribution is 7.92. The molecule has 28 heavy (non-hydrogen) atoms. The number of hydrogen-bond acceptors (Lipinski definition) is 4. The maximum atomic E-state index is 13.4. The lowest BCUT2D eigenvalue weighted by molar-refractivity contribution is -0.145. The van der Waals surface area contributed by atoms with Crippen molar-refractivity contribution >= 4 is 44.1 Å². The Morgan fingerprint density at radius 2 is 1.64 bits per heavy atom. The van der Waals surface area contributed by atoms with Crippen LogP contribution < -0.4 is 4.31 Å². The molecule has 0 aromatic heterocycles. The van der Waals surface area contributed by atoms with Gasteiger partial charge in [-0.25, -0.2) is 8.42 Å². The van der Waals surface area contributed by atoms with Gasteiger partial charge in [-0.05, 0) is 49.6 Å². The molecule has 3 aromatic rings. The van der Waals surface area contributed by atoms with Gasteiger partial charge in [0.15, 0.2) is 0 Å². The molecule has 0 amide bonds. The minimum atomic E-state index is -4.02. The van der Waals surface area contributed by atoms with Crippen LogP contribution in [0.1, 0.15) is 13.8 Å². The first-order chi connectivity index (χ1) is 13.3. The third-order valence-corrected chi connectivity index (χ3v) is 6.10. The number of ether oxygens (including phenoxy) is 1. The molecule has 0 N–H and O–H groups in total. The van der Waals surface area contributed by atoms with Crippen LogP contribution in [0, 0.1) is 0 Å². The zero-order valence-corrected chi connectivity index (χ0v) is 17.1. The molecule has 0 saturated carbocycles. The number of rotatable bonds is 6. The normalized spacial score (nSPS) is 11.6. The van der Waals surface area contributed by atoms with E-state index in [9.17, 15) is 13.2 Å². The molecule has 0 aliphatic rings. The molecular weight excluding hydrogens is 398 g/mol. The summed E-state index contributed by atoms with van der Waals surface area (Å²) in [5.41, 5.74) is 0.411. The van der Waals surface area contributed by atoms with Crippen LogP contribution in [0.25, 0.3) is 10.8 Å². The third kappa shape index (κ3) is 4.29. The fourth-order valence-corrected chi connectivity index (χ4v) is 4.43. The van der Waals surface area contributed by atoms with Crippen LogP contribution in [-0.2, 0) is 19.6 Å². The smallest absolute Gasteiger partial charge is 0.327 e. The number of carbonyl (C=O) groups is 1. The second-order valence-corrected chi connectivity index (χ2v) is 8.80. The largest absolute Gasteiger partial charge is 0.462 e. The van der Waals surface area contributed by atoms with E-state index in [2.05, 4.69) is 0 Å².